The van der Waals surface area contributed by atoms with Crippen molar-refractivity contribution in [3.63, 3.8) is 0 Å². The highest BCUT2D eigenvalue weighted by molar-refractivity contribution is 7.13. The Bertz CT molecular complexity index is 686. The van der Waals surface area contributed by atoms with Crippen LogP contribution in [0.4, 0.5) is 0 Å². The van der Waals surface area contributed by atoms with Crippen molar-refractivity contribution in [2.45, 2.75) is 12.8 Å². The van der Waals surface area contributed by atoms with Gasteiger partial charge in [0.05, 0.1) is 11.6 Å². The zero-order chi connectivity index (χ0) is 15.5. The van der Waals surface area contributed by atoms with Gasteiger partial charge in [-0.05, 0) is 12.1 Å². The molecule has 1 aliphatic heterocycles. The van der Waals surface area contributed by atoms with E-state index in [9.17, 15) is 9.59 Å². The maximum atomic E-state index is 11.8. The lowest BCUT2D eigenvalue weighted by atomic mass is 10.1. The number of aromatic nitrogens is 2. The van der Waals surface area contributed by atoms with E-state index in [-0.39, 0.29) is 12.3 Å². The lowest BCUT2D eigenvalue weighted by Crippen LogP contribution is -2.28. The van der Waals surface area contributed by atoms with Crippen molar-refractivity contribution in [3.8, 4) is 10.6 Å². The summed E-state index contributed by atoms with van der Waals surface area (Å²) >= 11 is 1.54. The topological polar surface area (TPSA) is 83.4 Å². The predicted molar refractivity (Wildman–Crippen MR) is 81.4 cm³/mol. The number of hydrogen-bond acceptors (Lipinski definition) is 5. The zero-order valence-electron chi connectivity index (χ0n) is 11.8. The molecule has 0 bridgehead atoms. The van der Waals surface area contributed by atoms with Crippen molar-refractivity contribution in [2.75, 3.05) is 13.1 Å². The van der Waals surface area contributed by atoms with Gasteiger partial charge in [0, 0.05) is 49.3 Å². The molecule has 6 nitrogen and oxygen atoms in total. The second-order valence-electron chi connectivity index (χ2n) is 5.21. The van der Waals surface area contributed by atoms with Gasteiger partial charge in [-0.25, -0.2) is 4.98 Å². The number of thiazole rings is 1. The van der Waals surface area contributed by atoms with Crippen LogP contribution in [0.15, 0.2) is 29.9 Å². The molecule has 0 aliphatic carbocycles. The first-order valence-corrected chi connectivity index (χ1v) is 7.87. The fourth-order valence-corrected chi connectivity index (χ4v) is 3.29. The second kappa shape index (κ2) is 6.23. The fraction of sp³-hybridized carbons (Fsp3) is 0.333. The third-order valence-corrected chi connectivity index (χ3v) is 4.60. The molecule has 2 aromatic heterocycles. The molecule has 22 heavy (non-hydrogen) atoms. The van der Waals surface area contributed by atoms with Gasteiger partial charge in [0.15, 0.2) is 0 Å². The molecule has 3 heterocycles. The quantitative estimate of drug-likeness (QED) is 0.907. The second-order valence-corrected chi connectivity index (χ2v) is 6.07. The predicted octanol–water partition coefficient (Wildman–Crippen LogP) is 1.68. The summed E-state index contributed by atoms with van der Waals surface area (Å²) in [5.41, 5.74) is 1.89. The summed E-state index contributed by atoms with van der Waals surface area (Å²) in [5.74, 6) is -1.56. The Morgan fingerprint density at radius 2 is 2.36 bits per heavy atom. The minimum absolute atomic E-state index is 0.0879. The van der Waals surface area contributed by atoms with Crippen LogP contribution < -0.4 is 0 Å². The highest BCUT2D eigenvalue weighted by Crippen LogP contribution is 2.23. The van der Waals surface area contributed by atoms with Gasteiger partial charge in [0.2, 0.25) is 5.91 Å². The van der Waals surface area contributed by atoms with E-state index in [1.807, 2.05) is 17.5 Å². The number of carboxylic acids is 1. The van der Waals surface area contributed by atoms with Crippen LogP contribution in [0.25, 0.3) is 10.6 Å². The number of likely N-dealkylation sites (tertiary alicyclic amines) is 1. The summed E-state index contributed by atoms with van der Waals surface area (Å²) in [4.78, 5) is 32.9. The summed E-state index contributed by atoms with van der Waals surface area (Å²) < 4.78 is 0. The monoisotopic (exact) mass is 317 g/mol. The SMILES string of the molecule is O=C(O)C1CC(=O)N(CCc2csc(-c3cccnc3)n2)C1. The molecule has 0 aromatic carbocycles. The number of rotatable bonds is 5. The van der Waals surface area contributed by atoms with E-state index in [4.69, 9.17) is 5.11 Å². The van der Waals surface area contributed by atoms with Gasteiger partial charge < -0.3 is 10.0 Å². The summed E-state index contributed by atoms with van der Waals surface area (Å²) in [6, 6.07) is 3.82. The van der Waals surface area contributed by atoms with Crippen molar-refractivity contribution < 1.29 is 14.7 Å². The molecule has 1 saturated heterocycles. The summed E-state index contributed by atoms with van der Waals surface area (Å²) in [5, 5.41) is 11.8. The summed E-state index contributed by atoms with van der Waals surface area (Å²) in [7, 11) is 0. The molecule has 0 radical (unpaired) electrons. The van der Waals surface area contributed by atoms with Crippen LogP contribution in [0.1, 0.15) is 12.1 Å². The normalized spacial score (nSPS) is 17.9. The van der Waals surface area contributed by atoms with E-state index in [1.54, 1.807) is 28.6 Å². The number of nitrogens with zero attached hydrogens (tertiary/aromatic N) is 3. The lowest BCUT2D eigenvalue weighted by molar-refractivity contribution is -0.141. The summed E-state index contributed by atoms with van der Waals surface area (Å²) in [6.07, 6.45) is 4.22. The van der Waals surface area contributed by atoms with Gasteiger partial charge in [-0.1, -0.05) is 0 Å². The third-order valence-electron chi connectivity index (χ3n) is 3.66. The zero-order valence-corrected chi connectivity index (χ0v) is 12.6. The molecular formula is C15H15N3O3S. The van der Waals surface area contributed by atoms with Gasteiger partial charge in [0.1, 0.15) is 5.01 Å². The molecule has 1 amide bonds. The molecule has 1 N–H and O–H groups in total. The Balaban J connectivity index is 1.60. The van der Waals surface area contributed by atoms with Gasteiger partial charge in [0.25, 0.3) is 0 Å². The number of aliphatic carboxylic acids is 1. The molecule has 3 rings (SSSR count). The van der Waals surface area contributed by atoms with E-state index < -0.39 is 11.9 Å². The van der Waals surface area contributed by atoms with Gasteiger partial charge in [-0.3, -0.25) is 14.6 Å². The number of carbonyl (C=O) groups is 2. The highest BCUT2D eigenvalue weighted by Gasteiger charge is 2.33. The largest absolute Gasteiger partial charge is 0.481 e. The third kappa shape index (κ3) is 3.14. The number of pyridine rings is 1. The van der Waals surface area contributed by atoms with E-state index in [1.165, 1.54) is 0 Å². The first kappa shape index (κ1) is 14.6. The highest BCUT2D eigenvalue weighted by atomic mass is 32.1. The van der Waals surface area contributed by atoms with Crippen molar-refractivity contribution in [1.82, 2.24) is 14.9 Å². The number of carboxylic acid groups (broad SMARTS) is 1. The molecule has 1 fully saturated rings. The number of amides is 1. The average molecular weight is 317 g/mol. The van der Waals surface area contributed by atoms with Crippen molar-refractivity contribution in [3.05, 3.63) is 35.6 Å². The maximum absolute atomic E-state index is 11.8. The first-order valence-electron chi connectivity index (χ1n) is 6.99. The number of hydrogen-bond donors (Lipinski definition) is 1. The van der Waals surface area contributed by atoms with Crippen LogP contribution in [0.2, 0.25) is 0 Å². The molecule has 2 aromatic rings. The van der Waals surface area contributed by atoms with E-state index in [0.29, 0.717) is 19.5 Å². The van der Waals surface area contributed by atoms with Crippen LogP contribution >= 0.6 is 11.3 Å². The molecular weight excluding hydrogens is 302 g/mol. The van der Waals surface area contributed by atoms with Gasteiger partial charge >= 0.3 is 5.97 Å². The van der Waals surface area contributed by atoms with E-state index >= 15 is 0 Å². The molecule has 0 spiro atoms. The average Bonchev–Trinajstić information content (AvgIpc) is 3.13. The van der Waals surface area contributed by atoms with Crippen molar-refractivity contribution in [1.29, 1.82) is 0 Å². The molecule has 1 unspecified atom stereocenters. The lowest BCUT2D eigenvalue weighted by Gasteiger charge is -2.14. The standard InChI is InChI=1S/C15H15N3O3S/c19-13-6-11(15(20)21)8-18(13)5-3-12-9-22-14(17-12)10-2-1-4-16-7-10/h1-2,4,7,9,11H,3,5-6,8H2,(H,20,21). The Morgan fingerprint density at radius 3 is 3.05 bits per heavy atom. The van der Waals surface area contributed by atoms with E-state index in [0.717, 1.165) is 16.3 Å². The molecule has 114 valence electrons. The van der Waals surface area contributed by atoms with Crippen molar-refractivity contribution >= 4 is 23.2 Å². The Hall–Kier alpha value is -2.28. The molecule has 0 saturated carbocycles. The van der Waals surface area contributed by atoms with Gasteiger partial charge in [-0.15, -0.1) is 11.3 Å². The molecule has 7 heteroatoms. The fourth-order valence-electron chi connectivity index (χ4n) is 2.45. The van der Waals surface area contributed by atoms with E-state index in [2.05, 4.69) is 9.97 Å². The Morgan fingerprint density at radius 1 is 1.50 bits per heavy atom. The van der Waals surface area contributed by atoms with Crippen molar-refractivity contribution in [2.24, 2.45) is 5.92 Å². The summed E-state index contributed by atoms with van der Waals surface area (Å²) in [6.45, 7) is 0.812. The van der Waals surface area contributed by atoms with Crippen LogP contribution in [0.3, 0.4) is 0 Å². The molecule has 1 aliphatic rings. The number of carbonyl (C=O) groups excluding carboxylic acids is 1. The molecule has 1 atom stereocenters. The smallest absolute Gasteiger partial charge is 0.308 e. The van der Waals surface area contributed by atoms with Gasteiger partial charge in [-0.2, -0.15) is 0 Å². The minimum Gasteiger partial charge on any atom is -0.481 e. The van der Waals surface area contributed by atoms with Crippen LogP contribution in [0.5, 0.6) is 0 Å². The minimum atomic E-state index is -0.900. The Kier molecular flexibility index (Phi) is 4.15. The van der Waals surface area contributed by atoms with Crippen LogP contribution in [0, 0.1) is 5.92 Å². The van der Waals surface area contributed by atoms with Crippen LogP contribution in [-0.4, -0.2) is 44.9 Å². The Labute approximate surface area is 131 Å². The first-order chi connectivity index (χ1) is 10.6. The van der Waals surface area contributed by atoms with Crippen LogP contribution in [-0.2, 0) is 16.0 Å². The maximum Gasteiger partial charge on any atom is 0.308 e.